The molecule has 0 aliphatic rings. The van der Waals surface area contributed by atoms with Gasteiger partial charge in [0.2, 0.25) is 4.77 Å². The van der Waals surface area contributed by atoms with Gasteiger partial charge in [-0.15, -0.1) is 0 Å². The van der Waals surface area contributed by atoms with E-state index in [2.05, 4.69) is 15.3 Å². The molecular formula is C17H15ClN4O2S. The number of methoxy groups -OCH3 is 2. The van der Waals surface area contributed by atoms with Crippen molar-refractivity contribution in [3.63, 3.8) is 0 Å². The normalized spacial score (nSPS) is 11.0. The first-order valence-electron chi connectivity index (χ1n) is 7.32. The lowest BCUT2D eigenvalue weighted by atomic mass is 10.2. The van der Waals surface area contributed by atoms with E-state index in [-0.39, 0.29) is 0 Å². The lowest BCUT2D eigenvalue weighted by Gasteiger charge is -2.07. The fraction of sp³-hybridized carbons (Fsp3) is 0.118. The van der Waals surface area contributed by atoms with Gasteiger partial charge in [0.15, 0.2) is 5.82 Å². The van der Waals surface area contributed by atoms with Crippen LogP contribution in [-0.4, -0.2) is 35.3 Å². The molecule has 8 heteroatoms. The number of rotatable bonds is 5. The second-order valence-electron chi connectivity index (χ2n) is 5.02. The van der Waals surface area contributed by atoms with E-state index in [1.54, 1.807) is 43.3 Å². The number of H-pyrrole nitrogens is 1. The van der Waals surface area contributed by atoms with E-state index in [0.717, 1.165) is 11.1 Å². The van der Waals surface area contributed by atoms with Gasteiger partial charge in [-0.3, -0.25) is 0 Å². The van der Waals surface area contributed by atoms with Crippen LogP contribution in [0, 0.1) is 4.77 Å². The molecular weight excluding hydrogens is 360 g/mol. The molecule has 0 spiro atoms. The van der Waals surface area contributed by atoms with E-state index >= 15 is 0 Å². The van der Waals surface area contributed by atoms with Gasteiger partial charge in [-0.2, -0.15) is 14.9 Å². The fourth-order valence-corrected chi connectivity index (χ4v) is 2.53. The molecule has 1 heterocycles. The zero-order chi connectivity index (χ0) is 17.8. The first-order valence-corrected chi connectivity index (χ1v) is 8.10. The van der Waals surface area contributed by atoms with Crippen LogP contribution in [0.15, 0.2) is 47.6 Å². The Labute approximate surface area is 154 Å². The molecule has 6 nitrogen and oxygen atoms in total. The Morgan fingerprint density at radius 1 is 1.16 bits per heavy atom. The van der Waals surface area contributed by atoms with Crippen molar-refractivity contribution in [1.82, 2.24) is 14.9 Å². The van der Waals surface area contributed by atoms with Gasteiger partial charge in [0.05, 0.1) is 20.4 Å². The average molecular weight is 375 g/mol. The minimum atomic E-state index is 0.383. The van der Waals surface area contributed by atoms with Gasteiger partial charge in [0, 0.05) is 22.2 Å². The van der Waals surface area contributed by atoms with Crippen LogP contribution >= 0.6 is 23.8 Å². The summed E-state index contributed by atoms with van der Waals surface area (Å²) >= 11 is 11.2. The summed E-state index contributed by atoms with van der Waals surface area (Å²) in [7, 11) is 3.19. The topological polar surface area (TPSA) is 64.4 Å². The Kier molecular flexibility index (Phi) is 5.16. The monoisotopic (exact) mass is 374 g/mol. The number of benzene rings is 2. The Morgan fingerprint density at radius 2 is 1.92 bits per heavy atom. The Balaban J connectivity index is 1.99. The molecule has 1 aromatic heterocycles. The highest BCUT2D eigenvalue weighted by Gasteiger charge is 2.09. The Hall–Kier alpha value is -2.64. The third kappa shape index (κ3) is 3.72. The second kappa shape index (κ2) is 7.50. The van der Waals surface area contributed by atoms with Crippen LogP contribution in [-0.2, 0) is 0 Å². The van der Waals surface area contributed by atoms with Crippen LogP contribution in [0.1, 0.15) is 5.56 Å². The summed E-state index contributed by atoms with van der Waals surface area (Å²) in [5, 5.41) is 12.1. The number of hydrogen-bond acceptors (Lipinski definition) is 5. The highest BCUT2D eigenvalue weighted by atomic mass is 35.5. The van der Waals surface area contributed by atoms with E-state index < -0.39 is 0 Å². The molecule has 0 saturated heterocycles. The van der Waals surface area contributed by atoms with Crippen molar-refractivity contribution >= 4 is 30.0 Å². The summed E-state index contributed by atoms with van der Waals surface area (Å²) in [5.41, 5.74) is 1.63. The summed E-state index contributed by atoms with van der Waals surface area (Å²) in [5.74, 6) is 1.94. The summed E-state index contributed by atoms with van der Waals surface area (Å²) < 4.78 is 12.5. The van der Waals surface area contributed by atoms with Crippen LogP contribution in [0.25, 0.3) is 11.4 Å². The summed E-state index contributed by atoms with van der Waals surface area (Å²) in [6.45, 7) is 0. The number of aromatic amines is 1. The molecule has 0 aliphatic heterocycles. The fourth-order valence-electron chi connectivity index (χ4n) is 2.23. The van der Waals surface area contributed by atoms with Crippen molar-refractivity contribution < 1.29 is 9.47 Å². The Morgan fingerprint density at radius 3 is 2.60 bits per heavy atom. The highest BCUT2D eigenvalue weighted by Crippen LogP contribution is 2.24. The molecule has 0 amide bonds. The van der Waals surface area contributed by atoms with Crippen LogP contribution in [0.5, 0.6) is 11.5 Å². The van der Waals surface area contributed by atoms with Crippen molar-refractivity contribution in [2.45, 2.75) is 0 Å². The van der Waals surface area contributed by atoms with E-state index in [9.17, 15) is 0 Å². The van der Waals surface area contributed by atoms with E-state index in [1.807, 2.05) is 24.3 Å². The van der Waals surface area contributed by atoms with Crippen molar-refractivity contribution in [3.8, 4) is 22.9 Å². The number of aromatic nitrogens is 3. The molecule has 0 unspecified atom stereocenters. The number of nitrogens with one attached hydrogen (secondary N) is 1. The number of ether oxygens (including phenoxy) is 2. The van der Waals surface area contributed by atoms with E-state index in [1.165, 1.54) is 0 Å². The maximum absolute atomic E-state index is 5.93. The van der Waals surface area contributed by atoms with Crippen molar-refractivity contribution in [1.29, 1.82) is 0 Å². The third-order valence-corrected chi connectivity index (χ3v) is 4.02. The van der Waals surface area contributed by atoms with Crippen LogP contribution in [0.4, 0.5) is 0 Å². The van der Waals surface area contributed by atoms with Gasteiger partial charge in [-0.05, 0) is 48.6 Å². The maximum Gasteiger partial charge on any atom is 0.216 e. The third-order valence-electron chi connectivity index (χ3n) is 3.51. The molecule has 0 radical (unpaired) electrons. The molecule has 1 N–H and O–H groups in total. The number of halogens is 1. The highest BCUT2D eigenvalue weighted by molar-refractivity contribution is 7.71. The maximum atomic E-state index is 5.93. The van der Waals surface area contributed by atoms with Crippen molar-refractivity contribution in [2.24, 2.45) is 5.10 Å². The SMILES string of the molecule is COc1ccc(C=Nn2c(-c3ccc(Cl)cc3)n[nH]c2=S)c(OC)c1. The van der Waals surface area contributed by atoms with Crippen LogP contribution in [0.3, 0.4) is 0 Å². The van der Waals surface area contributed by atoms with Gasteiger partial charge < -0.3 is 9.47 Å². The van der Waals surface area contributed by atoms with Crippen LogP contribution < -0.4 is 9.47 Å². The molecule has 0 fully saturated rings. The molecule has 0 atom stereocenters. The van der Waals surface area contributed by atoms with E-state index in [0.29, 0.717) is 27.1 Å². The van der Waals surface area contributed by atoms with Gasteiger partial charge >= 0.3 is 0 Å². The van der Waals surface area contributed by atoms with Gasteiger partial charge in [-0.25, -0.2) is 5.10 Å². The zero-order valence-electron chi connectivity index (χ0n) is 13.6. The lowest BCUT2D eigenvalue weighted by Crippen LogP contribution is -1.97. The summed E-state index contributed by atoms with van der Waals surface area (Å²) in [4.78, 5) is 0. The predicted octanol–water partition coefficient (Wildman–Crippen LogP) is 4.16. The average Bonchev–Trinajstić information content (AvgIpc) is 3.01. The largest absolute Gasteiger partial charge is 0.497 e. The minimum Gasteiger partial charge on any atom is -0.497 e. The lowest BCUT2D eigenvalue weighted by molar-refractivity contribution is 0.394. The molecule has 3 aromatic rings. The first kappa shape index (κ1) is 17.2. The van der Waals surface area contributed by atoms with E-state index in [4.69, 9.17) is 33.3 Å². The van der Waals surface area contributed by atoms with Gasteiger partial charge in [0.1, 0.15) is 11.5 Å². The van der Waals surface area contributed by atoms with Gasteiger partial charge in [0.25, 0.3) is 0 Å². The Bertz CT molecular complexity index is 964. The first-order chi connectivity index (χ1) is 12.1. The van der Waals surface area contributed by atoms with Crippen molar-refractivity contribution in [3.05, 3.63) is 57.8 Å². The molecule has 0 aliphatic carbocycles. The van der Waals surface area contributed by atoms with Gasteiger partial charge in [-0.1, -0.05) is 11.6 Å². The quantitative estimate of drug-likeness (QED) is 0.538. The molecule has 25 heavy (non-hydrogen) atoms. The molecule has 0 bridgehead atoms. The second-order valence-corrected chi connectivity index (χ2v) is 5.85. The molecule has 0 saturated carbocycles. The van der Waals surface area contributed by atoms with Crippen LogP contribution in [0.2, 0.25) is 5.02 Å². The summed E-state index contributed by atoms with van der Waals surface area (Å²) in [6.07, 6.45) is 1.66. The smallest absolute Gasteiger partial charge is 0.216 e. The number of nitrogens with zero attached hydrogens (tertiary/aromatic N) is 3. The van der Waals surface area contributed by atoms with Crippen molar-refractivity contribution in [2.75, 3.05) is 14.2 Å². The summed E-state index contributed by atoms with van der Waals surface area (Å²) in [6, 6.07) is 12.8. The number of hydrogen-bond donors (Lipinski definition) is 1. The molecule has 3 rings (SSSR count). The molecule has 2 aromatic carbocycles. The standard InChI is InChI=1S/C17H15ClN4O2S/c1-23-14-8-5-12(15(9-14)24-2)10-19-22-16(20-21-17(22)25)11-3-6-13(18)7-4-11/h3-10H,1-2H3,(H,21,25). The zero-order valence-corrected chi connectivity index (χ0v) is 15.1. The molecule has 128 valence electrons. The minimum absolute atomic E-state index is 0.383. The predicted molar refractivity (Wildman–Crippen MR) is 100 cm³/mol.